The second kappa shape index (κ2) is 6.88. The zero-order chi connectivity index (χ0) is 19.8. The van der Waals surface area contributed by atoms with Crippen molar-refractivity contribution in [1.29, 1.82) is 0 Å². The average molecular weight is 376 g/mol. The third-order valence-corrected chi connectivity index (χ3v) is 5.06. The van der Waals surface area contributed by atoms with Crippen molar-refractivity contribution in [2.75, 3.05) is 6.54 Å². The van der Waals surface area contributed by atoms with Crippen LogP contribution in [0, 0.1) is 0 Å². The van der Waals surface area contributed by atoms with Crippen molar-refractivity contribution >= 4 is 28.4 Å². The van der Waals surface area contributed by atoms with Gasteiger partial charge in [-0.15, -0.1) is 0 Å². The minimum Gasteiger partial charge on any atom is -0.508 e. The van der Waals surface area contributed by atoms with E-state index in [2.05, 4.69) is 4.98 Å². The first-order valence-corrected chi connectivity index (χ1v) is 9.16. The van der Waals surface area contributed by atoms with Crippen LogP contribution in [0.1, 0.15) is 30.5 Å². The number of phenolic OH excluding ortho intramolecular Hbond substituents is 1. The Bertz CT molecular complexity index is 1100. The van der Waals surface area contributed by atoms with Crippen molar-refractivity contribution in [3.63, 3.8) is 0 Å². The maximum Gasteiger partial charge on any atom is 0.295 e. The molecule has 0 saturated carbocycles. The Balaban J connectivity index is 1.93. The van der Waals surface area contributed by atoms with Gasteiger partial charge in [0.15, 0.2) is 0 Å². The lowest BCUT2D eigenvalue weighted by atomic mass is 9.95. The molecule has 1 aliphatic heterocycles. The van der Waals surface area contributed by atoms with Crippen LogP contribution in [0.3, 0.4) is 0 Å². The number of H-pyrrole nitrogens is 1. The van der Waals surface area contributed by atoms with Crippen LogP contribution in [-0.2, 0) is 9.59 Å². The molecule has 0 aliphatic carbocycles. The molecule has 4 rings (SSSR count). The zero-order valence-electron chi connectivity index (χ0n) is 15.3. The van der Waals surface area contributed by atoms with Crippen LogP contribution < -0.4 is 0 Å². The number of Topliss-reactive ketones (excluding diaryl/α,β-unsaturated/α-hetero) is 1. The molecule has 2 aromatic carbocycles. The van der Waals surface area contributed by atoms with Gasteiger partial charge in [0.25, 0.3) is 11.7 Å². The molecular weight excluding hydrogens is 356 g/mol. The molecule has 1 fully saturated rings. The first-order valence-electron chi connectivity index (χ1n) is 9.16. The van der Waals surface area contributed by atoms with Gasteiger partial charge in [0, 0.05) is 29.2 Å². The monoisotopic (exact) mass is 376 g/mol. The molecule has 1 aliphatic rings. The van der Waals surface area contributed by atoms with Gasteiger partial charge in [-0.1, -0.05) is 37.3 Å². The van der Waals surface area contributed by atoms with Gasteiger partial charge in [-0.05, 0) is 30.2 Å². The quantitative estimate of drug-likeness (QED) is 0.368. The number of benzene rings is 2. The largest absolute Gasteiger partial charge is 0.508 e. The van der Waals surface area contributed by atoms with E-state index in [1.807, 2.05) is 31.2 Å². The van der Waals surface area contributed by atoms with E-state index in [0.717, 1.165) is 10.9 Å². The van der Waals surface area contributed by atoms with Gasteiger partial charge in [-0.2, -0.15) is 0 Å². The van der Waals surface area contributed by atoms with E-state index in [0.29, 0.717) is 24.1 Å². The minimum absolute atomic E-state index is 0.0638. The SMILES string of the molecule is CCCN1C(=O)C(=O)/C(=C(\O)c2c[nH]c3ccccc23)C1c1ccc(O)cc1. The number of para-hydroxylation sites is 1. The summed E-state index contributed by atoms with van der Waals surface area (Å²) in [5, 5.41) is 21.5. The Hall–Kier alpha value is -3.54. The van der Waals surface area contributed by atoms with Crippen molar-refractivity contribution in [2.24, 2.45) is 0 Å². The maximum atomic E-state index is 12.8. The van der Waals surface area contributed by atoms with E-state index in [1.165, 1.54) is 17.0 Å². The number of amides is 1. The summed E-state index contributed by atoms with van der Waals surface area (Å²) in [6.07, 6.45) is 2.32. The number of nitrogens with one attached hydrogen (secondary N) is 1. The summed E-state index contributed by atoms with van der Waals surface area (Å²) in [5.74, 6) is -1.43. The maximum absolute atomic E-state index is 12.8. The number of aromatic nitrogens is 1. The second-order valence-corrected chi connectivity index (χ2v) is 6.83. The van der Waals surface area contributed by atoms with Gasteiger partial charge >= 0.3 is 0 Å². The standard InChI is InChI=1S/C22H20N2O4/c1-2-11-24-19(13-7-9-14(25)10-8-13)18(21(27)22(24)28)20(26)16-12-23-17-6-4-3-5-15(16)17/h3-10,12,19,23,25-26H,2,11H2,1H3/b20-18-. The molecule has 1 saturated heterocycles. The van der Waals surface area contributed by atoms with Crippen molar-refractivity contribution < 1.29 is 19.8 Å². The fraction of sp³-hybridized carbons (Fsp3) is 0.182. The van der Waals surface area contributed by atoms with Gasteiger partial charge < -0.3 is 20.1 Å². The van der Waals surface area contributed by atoms with Gasteiger partial charge in [0.1, 0.15) is 11.5 Å². The predicted octanol–water partition coefficient (Wildman–Crippen LogP) is 3.71. The van der Waals surface area contributed by atoms with Crippen molar-refractivity contribution in [3.05, 3.63) is 71.4 Å². The third kappa shape index (κ3) is 2.74. The van der Waals surface area contributed by atoms with Crippen LogP contribution in [0.25, 0.3) is 16.7 Å². The fourth-order valence-electron chi connectivity index (χ4n) is 3.77. The van der Waals surface area contributed by atoms with E-state index < -0.39 is 17.7 Å². The van der Waals surface area contributed by atoms with Crippen molar-refractivity contribution in [1.82, 2.24) is 9.88 Å². The summed E-state index contributed by atoms with van der Waals surface area (Å²) < 4.78 is 0. The molecule has 28 heavy (non-hydrogen) atoms. The Morgan fingerprint density at radius 2 is 1.82 bits per heavy atom. The highest BCUT2D eigenvalue weighted by molar-refractivity contribution is 6.46. The number of hydrogen-bond donors (Lipinski definition) is 3. The fourth-order valence-corrected chi connectivity index (χ4v) is 3.77. The number of aromatic amines is 1. The molecular formula is C22H20N2O4. The van der Waals surface area contributed by atoms with Crippen molar-refractivity contribution in [2.45, 2.75) is 19.4 Å². The number of phenols is 1. The Morgan fingerprint density at radius 3 is 2.54 bits per heavy atom. The number of aliphatic hydroxyl groups is 1. The number of likely N-dealkylation sites (tertiary alicyclic amines) is 1. The Labute approximate surface area is 161 Å². The number of carbonyl (C=O) groups excluding carboxylic acids is 2. The highest BCUT2D eigenvalue weighted by Gasteiger charge is 2.45. The van der Waals surface area contributed by atoms with Crippen LogP contribution in [0.15, 0.2) is 60.3 Å². The van der Waals surface area contributed by atoms with E-state index in [4.69, 9.17) is 0 Å². The molecule has 3 N–H and O–H groups in total. The average Bonchev–Trinajstić information content (AvgIpc) is 3.23. The number of rotatable bonds is 4. The van der Waals surface area contributed by atoms with Gasteiger partial charge in [-0.25, -0.2) is 0 Å². The summed E-state index contributed by atoms with van der Waals surface area (Å²) in [6.45, 7) is 2.31. The predicted molar refractivity (Wildman–Crippen MR) is 106 cm³/mol. The number of ketones is 1. The summed E-state index contributed by atoms with van der Waals surface area (Å²) in [5.41, 5.74) is 2.03. The lowest BCUT2D eigenvalue weighted by Crippen LogP contribution is -2.30. The molecule has 6 heteroatoms. The highest BCUT2D eigenvalue weighted by Crippen LogP contribution is 2.40. The summed E-state index contributed by atoms with van der Waals surface area (Å²) in [7, 11) is 0. The first-order chi connectivity index (χ1) is 13.5. The topological polar surface area (TPSA) is 93.6 Å². The van der Waals surface area contributed by atoms with Crippen LogP contribution in [0.2, 0.25) is 0 Å². The summed E-state index contributed by atoms with van der Waals surface area (Å²) in [4.78, 5) is 30.1. The minimum atomic E-state index is -0.700. The number of aromatic hydroxyl groups is 1. The van der Waals surface area contributed by atoms with Gasteiger partial charge in [-0.3, -0.25) is 9.59 Å². The normalized spacial score (nSPS) is 18.9. The zero-order valence-corrected chi connectivity index (χ0v) is 15.3. The molecule has 3 aromatic rings. The van der Waals surface area contributed by atoms with Gasteiger partial charge in [0.2, 0.25) is 0 Å². The Kier molecular flexibility index (Phi) is 4.39. The van der Waals surface area contributed by atoms with Gasteiger partial charge in [0.05, 0.1) is 11.6 Å². The highest BCUT2D eigenvalue weighted by atomic mass is 16.3. The van der Waals surface area contributed by atoms with E-state index in [1.54, 1.807) is 18.3 Å². The molecule has 2 heterocycles. The lowest BCUT2D eigenvalue weighted by molar-refractivity contribution is -0.139. The number of carbonyl (C=O) groups is 2. The number of hydrogen-bond acceptors (Lipinski definition) is 4. The first kappa shape index (κ1) is 17.9. The molecule has 1 atom stereocenters. The van der Waals surface area contributed by atoms with Crippen LogP contribution in [0.4, 0.5) is 0 Å². The molecule has 142 valence electrons. The molecule has 0 spiro atoms. The molecule has 0 bridgehead atoms. The molecule has 1 unspecified atom stereocenters. The molecule has 1 amide bonds. The molecule has 1 aromatic heterocycles. The lowest BCUT2D eigenvalue weighted by Gasteiger charge is -2.24. The smallest absolute Gasteiger partial charge is 0.295 e. The Morgan fingerprint density at radius 1 is 1.11 bits per heavy atom. The molecule has 0 radical (unpaired) electrons. The second-order valence-electron chi connectivity index (χ2n) is 6.83. The van der Waals surface area contributed by atoms with E-state index in [-0.39, 0.29) is 17.1 Å². The summed E-state index contributed by atoms with van der Waals surface area (Å²) >= 11 is 0. The van der Waals surface area contributed by atoms with E-state index in [9.17, 15) is 19.8 Å². The number of fused-ring (bicyclic) bond motifs is 1. The third-order valence-electron chi connectivity index (χ3n) is 5.06. The van der Waals surface area contributed by atoms with Crippen molar-refractivity contribution in [3.8, 4) is 5.75 Å². The van der Waals surface area contributed by atoms with Crippen LogP contribution >= 0.6 is 0 Å². The molecule has 6 nitrogen and oxygen atoms in total. The van der Waals surface area contributed by atoms with E-state index >= 15 is 0 Å². The van der Waals surface area contributed by atoms with Crippen LogP contribution in [-0.4, -0.2) is 38.3 Å². The number of nitrogens with zero attached hydrogens (tertiary/aromatic N) is 1. The summed E-state index contributed by atoms with van der Waals surface area (Å²) in [6, 6.07) is 13.1. The number of aliphatic hydroxyl groups excluding tert-OH is 1. The van der Waals surface area contributed by atoms with Crippen LogP contribution in [0.5, 0.6) is 5.75 Å².